The largest absolute Gasteiger partial charge is 1.00 e. The van der Waals surface area contributed by atoms with Crippen molar-refractivity contribution in [2.45, 2.75) is 104 Å². The van der Waals surface area contributed by atoms with Gasteiger partial charge in [-0.2, -0.15) is 8.42 Å². The monoisotopic (exact) mass is 652 g/mol. The van der Waals surface area contributed by atoms with Gasteiger partial charge in [0, 0.05) is 36.9 Å². The van der Waals surface area contributed by atoms with Crippen LogP contribution in [0.5, 0.6) is 0 Å². The van der Waals surface area contributed by atoms with E-state index in [1.165, 1.54) is 23.6 Å². The van der Waals surface area contributed by atoms with Crippen LogP contribution in [0.1, 0.15) is 81.1 Å². The molecule has 2 saturated heterocycles. The van der Waals surface area contributed by atoms with Crippen molar-refractivity contribution in [2.75, 3.05) is 32.4 Å². The summed E-state index contributed by atoms with van der Waals surface area (Å²) in [6.45, 7) is 16.0. The molecule has 228 valence electrons. The molecule has 2 atom stereocenters. The Bertz CT molecular complexity index is 931. The average molecular weight is 653 g/mol. The van der Waals surface area contributed by atoms with Gasteiger partial charge in [0.1, 0.15) is 11.2 Å². The van der Waals surface area contributed by atoms with Crippen molar-refractivity contribution < 1.29 is 92.6 Å². The summed E-state index contributed by atoms with van der Waals surface area (Å²) >= 11 is 5.31. The molecule has 11 nitrogen and oxygen atoms in total. The SMILES string of the molecule is CC(=O)S[C@@H]1CCCN(C(=O)OC(C)(C)C)C1.CC(=O)[S-].CC(C)(C)OC(=O)N1CCC[C@@H](OS(C)(=O)=O)C1.[K+]. The Labute approximate surface area is 292 Å². The zero-order valence-corrected chi connectivity index (χ0v) is 31.2. The number of hydrogen-bond acceptors (Lipinski definition) is 11. The molecular weight excluding hydrogens is 608 g/mol. The van der Waals surface area contributed by atoms with Crippen LogP contribution in [-0.4, -0.2) is 95.6 Å². The minimum absolute atomic E-state index is 0. The summed E-state index contributed by atoms with van der Waals surface area (Å²) in [6, 6.07) is 0. The first-order valence-electron chi connectivity index (χ1n) is 12.8. The molecule has 0 N–H and O–H groups in total. The number of piperidine rings is 2. The van der Waals surface area contributed by atoms with Crippen molar-refractivity contribution in [3.63, 3.8) is 0 Å². The van der Waals surface area contributed by atoms with E-state index < -0.39 is 33.5 Å². The molecule has 2 heterocycles. The second-order valence-corrected chi connectivity index (χ2v) is 14.9. The zero-order valence-electron chi connectivity index (χ0n) is 25.6. The third kappa shape index (κ3) is 23.5. The van der Waals surface area contributed by atoms with E-state index in [9.17, 15) is 27.6 Å². The van der Waals surface area contributed by atoms with E-state index in [1.54, 1.807) is 32.6 Å². The fourth-order valence-electron chi connectivity index (χ4n) is 3.52. The van der Waals surface area contributed by atoms with Crippen LogP contribution in [0.4, 0.5) is 9.59 Å². The normalized spacial score (nSPS) is 19.4. The molecule has 2 amide bonds. The fourth-order valence-corrected chi connectivity index (χ4v) is 5.18. The summed E-state index contributed by atoms with van der Waals surface area (Å²) in [5, 5.41) is 0.0785. The first-order chi connectivity index (χ1) is 17.6. The van der Waals surface area contributed by atoms with Crippen molar-refractivity contribution in [3.05, 3.63) is 0 Å². The predicted molar refractivity (Wildman–Crippen MR) is 154 cm³/mol. The molecule has 0 aromatic heterocycles. The number of likely N-dealkylation sites (tertiary alicyclic amines) is 2. The molecule has 15 heteroatoms. The van der Waals surface area contributed by atoms with Crippen LogP contribution in [0.25, 0.3) is 0 Å². The van der Waals surface area contributed by atoms with Gasteiger partial charge in [-0.15, -0.1) is 0 Å². The Morgan fingerprint density at radius 3 is 1.60 bits per heavy atom. The second kappa shape index (κ2) is 19.3. The molecule has 0 aromatic rings. The summed E-state index contributed by atoms with van der Waals surface area (Å²) in [4.78, 5) is 47.2. The third-order valence-corrected chi connectivity index (χ3v) is 6.37. The van der Waals surface area contributed by atoms with Gasteiger partial charge in [-0.25, -0.2) is 9.59 Å². The fraction of sp³-hybridized carbons (Fsp3) is 0.840. The van der Waals surface area contributed by atoms with Crippen LogP contribution in [0.3, 0.4) is 0 Å². The van der Waals surface area contributed by atoms with Gasteiger partial charge in [-0.1, -0.05) is 11.8 Å². The van der Waals surface area contributed by atoms with Gasteiger partial charge in [0.15, 0.2) is 5.12 Å². The molecule has 0 radical (unpaired) electrons. The average Bonchev–Trinajstić information content (AvgIpc) is 2.70. The first kappa shape index (κ1) is 42.1. The maximum Gasteiger partial charge on any atom is 1.00 e. The quantitative estimate of drug-likeness (QED) is 0.246. The number of nitrogens with zero attached hydrogens (tertiary/aromatic N) is 2. The van der Waals surface area contributed by atoms with Gasteiger partial charge in [0.05, 0.1) is 18.9 Å². The van der Waals surface area contributed by atoms with Crippen LogP contribution in [-0.2, 0) is 46.0 Å². The predicted octanol–water partition coefficient (Wildman–Crippen LogP) is 1.11. The van der Waals surface area contributed by atoms with Crippen molar-refractivity contribution in [1.82, 2.24) is 9.80 Å². The summed E-state index contributed by atoms with van der Waals surface area (Å²) in [7, 11) is -3.49. The number of ether oxygens (including phenoxy) is 2. The Morgan fingerprint density at radius 2 is 1.23 bits per heavy atom. The third-order valence-electron chi connectivity index (χ3n) is 4.70. The molecular formula is C25H45KN2O9S3. The summed E-state index contributed by atoms with van der Waals surface area (Å²) < 4.78 is 37.6. The van der Waals surface area contributed by atoms with E-state index >= 15 is 0 Å². The molecule has 40 heavy (non-hydrogen) atoms. The van der Waals surface area contributed by atoms with E-state index in [1.807, 2.05) is 20.8 Å². The van der Waals surface area contributed by atoms with Gasteiger partial charge < -0.3 is 36.7 Å². The van der Waals surface area contributed by atoms with Crippen LogP contribution in [0, 0.1) is 0 Å². The molecule has 0 aliphatic carbocycles. The summed E-state index contributed by atoms with van der Waals surface area (Å²) in [6.07, 6.45) is 3.11. The zero-order chi connectivity index (χ0) is 30.6. The second-order valence-electron chi connectivity index (χ2n) is 11.3. The minimum Gasteiger partial charge on any atom is -0.742 e. The Hall–Kier alpha value is -0.00364. The van der Waals surface area contributed by atoms with Crippen LogP contribution in [0.15, 0.2) is 0 Å². The maximum absolute atomic E-state index is 11.9. The molecule has 0 bridgehead atoms. The first-order valence-corrected chi connectivity index (χ1v) is 15.9. The molecule has 0 spiro atoms. The van der Waals surface area contributed by atoms with Crippen molar-refractivity contribution >= 4 is 56.9 Å². The van der Waals surface area contributed by atoms with Gasteiger partial charge in [-0.3, -0.25) is 8.98 Å². The van der Waals surface area contributed by atoms with Crippen molar-refractivity contribution in [3.8, 4) is 0 Å². The van der Waals surface area contributed by atoms with Crippen LogP contribution >= 0.6 is 11.8 Å². The number of amides is 2. The molecule has 0 saturated carbocycles. The summed E-state index contributed by atoms with van der Waals surface area (Å²) in [5.74, 6) is 0. The number of carbonyl (C=O) groups is 4. The van der Waals surface area contributed by atoms with E-state index in [4.69, 9.17) is 13.7 Å². The van der Waals surface area contributed by atoms with E-state index in [2.05, 4.69) is 12.6 Å². The minimum atomic E-state index is -3.49. The van der Waals surface area contributed by atoms with Gasteiger partial charge in [-0.05, 0) is 74.1 Å². The van der Waals surface area contributed by atoms with E-state index in [0.717, 1.165) is 25.6 Å². The molecule has 0 aromatic carbocycles. The topological polar surface area (TPSA) is 137 Å². The Balaban J connectivity index is 0. The van der Waals surface area contributed by atoms with Gasteiger partial charge >= 0.3 is 63.6 Å². The summed E-state index contributed by atoms with van der Waals surface area (Å²) in [5.41, 5.74) is -1.01. The van der Waals surface area contributed by atoms with Crippen molar-refractivity contribution in [2.24, 2.45) is 0 Å². The van der Waals surface area contributed by atoms with Gasteiger partial charge in [0.25, 0.3) is 10.1 Å². The van der Waals surface area contributed by atoms with Crippen LogP contribution in [0.2, 0.25) is 0 Å². The molecule has 2 fully saturated rings. The number of carbonyl (C=O) groups excluding carboxylic acids is 4. The standard InChI is InChI=1S/C12H21NO3S.C11H21NO5S.C2H4OS.K/c1-9(14)17-10-6-5-7-13(8-10)11(15)16-12(2,3)4;1-11(2,3)16-10(13)12-7-5-6-9(8-12)17-18(4,14)15;1-2(3)4;/h10H,5-8H2,1-4H3;9H,5-8H2,1-4H3;1H3,(H,3,4);/q;;;+1/p-1/t10-;9-;;/m11../s1. The smallest absolute Gasteiger partial charge is 0.742 e. The van der Waals surface area contributed by atoms with Crippen LogP contribution < -0.4 is 51.4 Å². The van der Waals surface area contributed by atoms with E-state index in [-0.39, 0.29) is 79.5 Å². The molecule has 2 aliphatic heterocycles. The molecule has 2 aliphatic rings. The van der Waals surface area contributed by atoms with Gasteiger partial charge in [0.2, 0.25) is 0 Å². The maximum atomic E-state index is 11.9. The Kier molecular flexibility index (Phi) is 20.3. The number of thioether (sulfide) groups is 1. The Morgan fingerprint density at radius 1 is 0.825 bits per heavy atom. The molecule has 2 rings (SSSR count). The van der Waals surface area contributed by atoms with Crippen molar-refractivity contribution in [1.29, 1.82) is 0 Å². The molecule has 0 unspecified atom stereocenters. The number of rotatable bonds is 3. The number of hydrogen-bond donors (Lipinski definition) is 0. The van der Waals surface area contributed by atoms with E-state index in [0.29, 0.717) is 25.9 Å².